The van der Waals surface area contributed by atoms with Gasteiger partial charge in [-0.25, -0.2) is 4.79 Å². The summed E-state index contributed by atoms with van der Waals surface area (Å²) in [6, 6.07) is 19.3. The maximum atomic E-state index is 12.0. The molecule has 1 saturated carbocycles. The first-order valence-corrected chi connectivity index (χ1v) is 9.14. The van der Waals surface area contributed by atoms with E-state index in [1.54, 1.807) is 24.3 Å². The number of hydroxylamine groups is 1. The summed E-state index contributed by atoms with van der Waals surface area (Å²) < 4.78 is 0. The van der Waals surface area contributed by atoms with E-state index in [9.17, 15) is 9.90 Å². The monoisotopic (exact) mass is 354 g/mol. The molecule has 2 aromatic carbocycles. The minimum atomic E-state index is -0.483. The quantitative estimate of drug-likeness (QED) is 0.696. The summed E-state index contributed by atoms with van der Waals surface area (Å²) in [5, 5.41) is 14.0. The Labute approximate surface area is 154 Å². The van der Waals surface area contributed by atoms with Crippen LogP contribution in [0.5, 0.6) is 0 Å². The van der Waals surface area contributed by atoms with Gasteiger partial charge in [0.25, 0.3) is 0 Å². The van der Waals surface area contributed by atoms with Crippen molar-refractivity contribution >= 4 is 5.97 Å². The first kappa shape index (κ1) is 18.6. The smallest absolute Gasteiger partial charge is 0.356 e. The Bertz CT molecular complexity index is 693. The lowest BCUT2D eigenvalue weighted by Crippen LogP contribution is -2.49. The Hall–Kier alpha value is -2.21. The molecule has 4 atom stereocenters. The van der Waals surface area contributed by atoms with Crippen molar-refractivity contribution < 1.29 is 14.7 Å². The van der Waals surface area contributed by atoms with Crippen molar-refractivity contribution in [3.63, 3.8) is 0 Å². The van der Waals surface area contributed by atoms with Crippen LogP contribution >= 0.6 is 0 Å². The molecule has 0 amide bonds. The lowest BCUT2D eigenvalue weighted by Gasteiger charge is -2.35. The Morgan fingerprint density at radius 1 is 1.08 bits per heavy atom. The van der Waals surface area contributed by atoms with Gasteiger partial charge in [0, 0.05) is 18.1 Å². The highest BCUT2D eigenvalue weighted by Gasteiger charge is 2.30. The second kappa shape index (κ2) is 8.94. The van der Waals surface area contributed by atoms with Gasteiger partial charge in [-0.15, -0.1) is 5.48 Å². The predicted octanol–water partition coefficient (Wildman–Crippen LogP) is 2.98. The van der Waals surface area contributed by atoms with Crippen LogP contribution in [0.25, 0.3) is 0 Å². The molecule has 5 nitrogen and oxygen atoms in total. The number of hydrogen-bond acceptors (Lipinski definition) is 5. The zero-order valence-corrected chi connectivity index (χ0v) is 15.0. The third-order valence-electron chi connectivity index (χ3n) is 4.91. The fourth-order valence-electron chi connectivity index (χ4n) is 3.38. The molecule has 2 aromatic rings. The van der Waals surface area contributed by atoms with Crippen LogP contribution in [0.1, 0.15) is 48.1 Å². The molecule has 0 saturated heterocycles. The van der Waals surface area contributed by atoms with Crippen LogP contribution in [0.15, 0.2) is 60.7 Å². The van der Waals surface area contributed by atoms with Gasteiger partial charge in [-0.05, 0) is 43.9 Å². The molecule has 1 aliphatic rings. The molecule has 0 aromatic heterocycles. The average molecular weight is 354 g/mol. The minimum Gasteiger partial charge on any atom is -0.391 e. The van der Waals surface area contributed by atoms with Gasteiger partial charge >= 0.3 is 5.97 Å². The van der Waals surface area contributed by atoms with E-state index in [-0.39, 0.29) is 18.1 Å². The Morgan fingerprint density at radius 2 is 1.73 bits per heavy atom. The van der Waals surface area contributed by atoms with Crippen LogP contribution in [-0.4, -0.2) is 29.3 Å². The molecular weight excluding hydrogens is 328 g/mol. The molecule has 0 aliphatic heterocycles. The lowest BCUT2D eigenvalue weighted by molar-refractivity contribution is -0.00679. The molecule has 1 fully saturated rings. The van der Waals surface area contributed by atoms with E-state index in [4.69, 9.17) is 4.84 Å². The van der Waals surface area contributed by atoms with Crippen molar-refractivity contribution in [2.75, 3.05) is 0 Å². The largest absolute Gasteiger partial charge is 0.391 e. The van der Waals surface area contributed by atoms with E-state index >= 15 is 0 Å². The highest BCUT2D eigenvalue weighted by molar-refractivity contribution is 5.89. The van der Waals surface area contributed by atoms with Crippen LogP contribution in [0, 0.1) is 0 Å². The number of aliphatic hydroxyl groups is 1. The van der Waals surface area contributed by atoms with Gasteiger partial charge in [0.05, 0.1) is 11.7 Å². The third-order valence-corrected chi connectivity index (χ3v) is 4.91. The Balaban J connectivity index is 1.45. The maximum absolute atomic E-state index is 12.0. The molecule has 0 bridgehead atoms. The second-order valence-corrected chi connectivity index (χ2v) is 6.86. The van der Waals surface area contributed by atoms with Crippen LogP contribution < -0.4 is 10.8 Å². The zero-order valence-electron chi connectivity index (χ0n) is 15.0. The Kier molecular flexibility index (Phi) is 6.39. The number of aliphatic hydroxyl groups excluding tert-OH is 1. The number of rotatable bonds is 6. The Morgan fingerprint density at radius 3 is 2.38 bits per heavy atom. The number of carbonyl (C=O) groups is 1. The molecule has 0 radical (unpaired) electrons. The fourth-order valence-corrected chi connectivity index (χ4v) is 3.38. The minimum absolute atomic E-state index is 0.0353. The van der Waals surface area contributed by atoms with Gasteiger partial charge in [0.2, 0.25) is 0 Å². The molecule has 26 heavy (non-hydrogen) atoms. The summed E-state index contributed by atoms with van der Waals surface area (Å²) in [5.74, 6) is -0.405. The normalized spacial score (nSPS) is 24.0. The van der Waals surface area contributed by atoms with Crippen molar-refractivity contribution in [2.24, 2.45) is 0 Å². The summed E-state index contributed by atoms with van der Waals surface area (Å²) in [6.07, 6.45) is 1.71. The van der Waals surface area contributed by atoms with Crippen molar-refractivity contribution in [3.8, 4) is 0 Å². The fraction of sp³-hybridized carbons (Fsp3) is 0.381. The maximum Gasteiger partial charge on any atom is 0.356 e. The summed E-state index contributed by atoms with van der Waals surface area (Å²) in [6.45, 7) is 2.11. The molecular formula is C21H26N2O3. The molecule has 0 heterocycles. The van der Waals surface area contributed by atoms with Gasteiger partial charge in [-0.2, -0.15) is 0 Å². The third kappa shape index (κ3) is 4.91. The summed E-state index contributed by atoms with van der Waals surface area (Å²) in [4.78, 5) is 17.2. The standard InChI is InChI=1S/C21H26N2O3/c1-15(16-8-4-2-5-9-16)22-19-13-12-18(14-20(19)24)23-26-21(25)17-10-6-3-7-11-17/h2-11,15,18-20,22-24H,12-14H2,1H3/t15-,18-,19-,20-/m0/s1. The SMILES string of the molecule is C[C@H](N[C@H]1CC[C@H](NOC(=O)c2ccccc2)C[C@@H]1O)c1ccccc1. The van der Waals surface area contributed by atoms with Gasteiger partial charge in [-0.3, -0.25) is 0 Å². The zero-order chi connectivity index (χ0) is 18.4. The number of hydrogen-bond donors (Lipinski definition) is 3. The molecule has 3 rings (SSSR count). The number of benzene rings is 2. The number of carbonyl (C=O) groups excluding carboxylic acids is 1. The molecule has 138 valence electrons. The highest BCUT2D eigenvalue weighted by Crippen LogP contribution is 2.23. The van der Waals surface area contributed by atoms with Crippen LogP contribution in [0.2, 0.25) is 0 Å². The van der Waals surface area contributed by atoms with Gasteiger partial charge in [0.15, 0.2) is 0 Å². The molecule has 3 N–H and O–H groups in total. The van der Waals surface area contributed by atoms with E-state index in [0.29, 0.717) is 12.0 Å². The first-order valence-electron chi connectivity index (χ1n) is 9.14. The van der Waals surface area contributed by atoms with Gasteiger partial charge in [0.1, 0.15) is 0 Å². The average Bonchev–Trinajstić information content (AvgIpc) is 2.69. The van der Waals surface area contributed by atoms with Gasteiger partial charge < -0.3 is 15.3 Å². The first-order chi connectivity index (χ1) is 12.6. The van der Waals surface area contributed by atoms with E-state index in [1.807, 2.05) is 24.3 Å². The van der Waals surface area contributed by atoms with E-state index in [0.717, 1.165) is 12.8 Å². The molecule has 5 heteroatoms. The van der Waals surface area contributed by atoms with Crippen molar-refractivity contribution in [1.82, 2.24) is 10.8 Å². The second-order valence-electron chi connectivity index (χ2n) is 6.86. The van der Waals surface area contributed by atoms with E-state index in [1.165, 1.54) is 5.56 Å². The van der Waals surface area contributed by atoms with Crippen LogP contribution in [0.4, 0.5) is 0 Å². The van der Waals surface area contributed by atoms with Gasteiger partial charge in [-0.1, -0.05) is 48.5 Å². The topological polar surface area (TPSA) is 70.6 Å². The summed E-state index contributed by atoms with van der Waals surface area (Å²) >= 11 is 0. The van der Waals surface area contributed by atoms with Crippen molar-refractivity contribution in [3.05, 3.63) is 71.8 Å². The summed E-state index contributed by atoms with van der Waals surface area (Å²) in [7, 11) is 0. The lowest BCUT2D eigenvalue weighted by atomic mass is 9.88. The van der Waals surface area contributed by atoms with Crippen LogP contribution in [0.3, 0.4) is 0 Å². The summed E-state index contributed by atoms with van der Waals surface area (Å²) in [5.41, 5.74) is 4.53. The number of nitrogens with one attached hydrogen (secondary N) is 2. The molecule has 0 unspecified atom stereocenters. The van der Waals surface area contributed by atoms with Crippen LogP contribution in [-0.2, 0) is 4.84 Å². The van der Waals surface area contributed by atoms with Crippen molar-refractivity contribution in [1.29, 1.82) is 0 Å². The molecule has 0 spiro atoms. The predicted molar refractivity (Wildman–Crippen MR) is 100 cm³/mol. The van der Waals surface area contributed by atoms with E-state index < -0.39 is 12.1 Å². The van der Waals surface area contributed by atoms with E-state index in [2.05, 4.69) is 29.9 Å². The van der Waals surface area contributed by atoms with Crippen molar-refractivity contribution in [2.45, 2.75) is 50.4 Å². The highest BCUT2D eigenvalue weighted by atomic mass is 16.7. The molecule has 1 aliphatic carbocycles.